The van der Waals surface area contributed by atoms with E-state index in [2.05, 4.69) is 19.9 Å². The summed E-state index contributed by atoms with van der Waals surface area (Å²) in [5.41, 5.74) is -0.323. The number of carbonyl (C=O) groups excluding carboxylic acids is 1. The molecule has 0 N–H and O–H groups in total. The predicted molar refractivity (Wildman–Crippen MR) is 80.0 cm³/mol. The van der Waals surface area contributed by atoms with E-state index in [1.807, 2.05) is 4.90 Å². The summed E-state index contributed by atoms with van der Waals surface area (Å²) in [6.45, 7) is 6.24. The smallest absolute Gasteiger partial charge is 0.243 e. The summed E-state index contributed by atoms with van der Waals surface area (Å²) in [4.78, 5) is 14.8. The maximum atomic E-state index is 12.9. The van der Waals surface area contributed by atoms with Crippen LogP contribution in [0.1, 0.15) is 71.6 Å². The van der Waals surface area contributed by atoms with Gasteiger partial charge in [-0.3, -0.25) is 4.79 Å². The minimum atomic E-state index is -0.712. The molecule has 2 rings (SSSR count). The molecule has 0 aromatic carbocycles. The summed E-state index contributed by atoms with van der Waals surface area (Å²) in [5.74, 6) is 0.125. The van der Waals surface area contributed by atoms with Gasteiger partial charge >= 0.3 is 0 Å². The average Bonchev–Trinajstić information content (AvgIpc) is 2.74. The number of nitriles is 1. The van der Waals surface area contributed by atoms with Crippen LogP contribution in [-0.2, 0) is 4.79 Å². The second kappa shape index (κ2) is 6.16. The number of nitrogens with zero attached hydrogens (tertiary/aromatic N) is 2. The van der Waals surface area contributed by atoms with Gasteiger partial charge in [0.1, 0.15) is 5.41 Å². The van der Waals surface area contributed by atoms with E-state index in [1.54, 1.807) is 0 Å². The number of amides is 1. The third-order valence-electron chi connectivity index (χ3n) is 5.69. The zero-order valence-corrected chi connectivity index (χ0v) is 13.1. The number of likely N-dealkylation sites (tertiary alicyclic amines) is 1. The Bertz CT molecular complexity index is 380. The first-order valence-electron chi connectivity index (χ1n) is 8.26. The van der Waals surface area contributed by atoms with Gasteiger partial charge in [0.05, 0.1) is 6.07 Å². The van der Waals surface area contributed by atoms with Gasteiger partial charge in [-0.25, -0.2) is 0 Å². The summed E-state index contributed by atoms with van der Waals surface area (Å²) in [6, 6.07) is 2.40. The highest BCUT2D eigenvalue weighted by atomic mass is 16.2. The van der Waals surface area contributed by atoms with Crippen molar-refractivity contribution in [3.8, 4) is 6.07 Å². The van der Waals surface area contributed by atoms with E-state index in [1.165, 1.54) is 19.3 Å². The molecule has 1 saturated carbocycles. The molecule has 2 aliphatic rings. The molecular formula is C17H28N2O. The standard InChI is InChI=1S/C17H28N2O/c1-3-16(2)10-12-19(13-11-16)15(20)17(14-18)8-6-4-5-7-9-17/h3-13H2,1-2H3. The number of piperidine rings is 1. The second-order valence-electron chi connectivity index (χ2n) is 7.06. The van der Waals surface area contributed by atoms with Crippen molar-refractivity contribution in [2.75, 3.05) is 13.1 Å². The van der Waals surface area contributed by atoms with Gasteiger partial charge in [-0.2, -0.15) is 5.26 Å². The van der Waals surface area contributed by atoms with E-state index < -0.39 is 5.41 Å². The number of rotatable bonds is 2. The topological polar surface area (TPSA) is 44.1 Å². The fraction of sp³-hybridized carbons (Fsp3) is 0.882. The lowest BCUT2D eigenvalue weighted by atomic mass is 9.76. The fourth-order valence-electron chi connectivity index (χ4n) is 3.61. The summed E-state index contributed by atoms with van der Waals surface area (Å²) in [7, 11) is 0. The zero-order chi connectivity index (χ0) is 14.6. The van der Waals surface area contributed by atoms with Crippen LogP contribution in [0.4, 0.5) is 0 Å². The Kier molecular flexibility index (Phi) is 4.73. The van der Waals surface area contributed by atoms with E-state index >= 15 is 0 Å². The van der Waals surface area contributed by atoms with E-state index in [0.29, 0.717) is 5.41 Å². The van der Waals surface area contributed by atoms with Crippen LogP contribution in [0.3, 0.4) is 0 Å². The Morgan fingerprint density at radius 3 is 2.10 bits per heavy atom. The minimum Gasteiger partial charge on any atom is -0.341 e. The summed E-state index contributed by atoms with van der Waals surface area (Å²) >= 11 is 0. The van der Waals surface area contributed by atoms with Crippen molar-refractivity contribution in [2.24, 2.45) is 10.8 Å². The lowest BCUT2D eigenvalue weighted by Crippen LogP contribution is -2.48. The van der Waals surface area contributed by atoms with Gasteiger partial charge in [0.25, 0.3) is 0 Å². The van der Waals surface area contributed by atoms with Crippen molar-refractivity contribution < 1.29 is 4.79 Å². The average molecular weight is 276 g/mol. The fourth-order valence-corrected chi connectivity index (χ4v) is 3.61. The predicted octanol–water partition coefficient (Wildman–Crippen LogP) is 3.89. The maximum Gasteiger partial charge on any atom is 0.243 e. The van der Waals surface area contributed by atoms with E-state index in [-0.39, 0.29) is 5.91 Å². The maximum absolute atomic E-state index is 12.9. The monoisotopic (exact) mass is 276 g/mol. The van der Waals surface area contributed by atoms with Crippen molar-refractivity contribution in [2.45, 2.75) is 71.6 Å². The molecule has 0 spiro atoms. The highest BCUT2D eigenvalue weighted by Crippen LogP contribution is 2.39. The number of carbonyl (C=O) groups is 1. The first-order chi connectivity index (χ1) is 9.55. The van der Waals surface area contributed by atoms with Crippen LogP contribution < -0.4 is 0 Å². The molecule has 0 aromatic heterocycles. The quantitative estimate of drug-likeness (QED) is 0.718. The van der Waals surface area contributed by atoms with Crippen LogP contribution in [-0.4, -0.2) is 23.9 Å². The van der Waals surface area contributed by atoms with Gasteiger partial charge in [0, 0.05) is 13.1 Å². The molecule has 0 bridgehead atoms. The molecule has 1 aliphatic heterocycles. The van der Waals surface area contributed by atoms with Crippen molar-refractivity contribution in [1.82, 2.24) is 4.90 Å². The Morgan fingerprint density at radius 2 is 1.65 bits per heavy atom. The zero-order valence-electron chi connectivity index (χ0n) is 13.1. The Labute approximate surface area is 123 Å². The summed E-state index contributed by atoms with van der Waals surface area (Å²) < 4.78 is 0. The molecule has 0 atom stereocenters. The lowest BCUT2D eigenvalue weighted by Gasteiger charge is -2.41. The molecule has 0 unspecified atom stereocenters. The molecular weight excluding hydrogens is 248 g/mol. The molecule has 1 saturated heterocycles. The SMILES string of the molecule is CCC1(C)CCN(C(=O)C2(C#N)CCCCCC2)CC1. The molecule has 0 radical (unpaired) electrons. The van der Waals surface area contributed by atoms with Crippen molar-refractivity contribution in [3.05, 3.63) is 0 Å². The van der Waals surface area contributed by atoms with Gasteiger partial charge < -0.3 is 4.90 Å². The highest BCUT2D eigenvalue weighted by Gasteiger charge is 2.43. The van der Waals surface area contributed by atoms with Crippen molar-refractivity contribution in [1.29, 1.82) is 5.26 Å². The van der Waals surface area contributed by atoms with Crippen LogP contribution in [0.25, 0.3) is 0 Å². The molecule has 0 aromatic rings. The van der Waals surface area contributed by atoms with Crippen molar-refractivity contribution >= 4 is 5.91 Å². The number of hydrogen-bond donors (Lipinski definition) is 0. The summed E-state index contributed by atoms with van der Waals surface area (Å²) in [5, 5.41) is 9.62. The van der Waals surface area contributed by atoms with Crippen LogP contribution in [0.5, 0.6) is 0 Å². The molecule has 1 heterocycles. The Balaban J connectivity index is 2.05. The van der Waals surface area contributed by atoms with E-state index in [0.717, 1.165) is 51.6 Å². The van der Waals surface area contributed by atoms with Gasteiger partial charge in [-0.05, 0) is 31.1 Å². The largest absolute Gasteiger partial charge is 0.341 e. The minimum absolute atomic E-state index is 0.125. The van der Waals surface area contributed by atoms with E-state index in [4.69, 9.17) is 0 Å². The van der Waals surface area contributed by atoms with E-state index in [9.17, 15) is 10.1 Å². The van der Waals surface area contributed by atoms with Gasteiger partial charge in [-0.1, -0.05) is 46.0 Å². The Morgan fingerprint density at radius 1 is 1.10 bits per heavy atom. The van der Waals surface area contributed by atoms with Crippen LogP contribution >= 0.6 is 0 Å². The first-order valence-corrected chi connectivity index (χ1v) is 8.26. The molecule has 112 valence electrons. The molecule has 3 heteroatoms. The molecule has 3 nitrogen and oxygen atoms in total. The normalized spacial score (nSPS) is 25.6. The van der Waals surface area contributed by atoms with Gasteiger partial charge in [-0.15, -0.1) is 0 Å². The molecule has 1 amide bonds. The third-order valence-corrected chi connectivity index (χ3v) is 5.69. The second-order valence-corrected chi connectivity index (χ2v) is 7.06. The highest BCUT2D eigenvalue weighted by molar-refractivity contribution is 5.85. The molecule has 1 aliphatic carbocycles. The van der Waals surface area contributed by atoms with Gasteiger partial charge in [0.2, 0.25) is 5.91 Å². The van der Waals surface area contributed by atoms with Gasteiger partial charge in [0.15, 0.2) is 0 Å². The lowest BCUT2D eigenvalue weighted by molar-refractivity contribution is -0.142. The molecule has 20 heavy (non-hydrogen) atoms. The molecule has 2 fully saturated rings. The van der Waals surface area contributed by atoms with Crippen LogP contribution in [0.15, 0.2) is 0 Å². The van der Waals surface area contributed by atoms with Crippen LogP contribution in [0, 0.1) is 22.2 Å². The number of hydrogen-bond acceptors (Lipinski definition) is 2. The first kappa shape index (κ1) is 15.4. The van der Waals surface area contributed by atoms with Crippen molar-refractivity contribution in [3.63, 3.8) is 0 Å². The third kappa shape index (κ3) is 3.00. The van der Waals surface area contributed by atoms with Crippen LogP contribution in [0.2, 0.25) is 0 Å². The Hall–Kier alpha value is -1.04. The summed E-state index contributed by atoms with van der Waals surface area (Å²) in [6.07, 6.45) is 9.27.